The van der Waals surface area contributed by atoms with Crippen molar-refractivity contribution in [2.75, 3.05) is 12.5 Å². The molecule has 0 saturated carbocycles. The first-order chi connectivity index (χ1) is 12.0. The van der Waals surface area contributed by atoms with Gasteiger partial charge in [-0.25, -0.2) is 9.97 Å². The lowest BCUT2D eigenvalue weighted by molar-refractivity contribution is -0.121. The molecule has 25 heavy (non-hydrogen) atoms. The van der Waals surface area contributed by atoms with Crippen LogP contribution in [0.4, 0.5) is 5.95 Å². The van der Waals surface area contributed by atoms with Crippen LogP contribution in [0.1, 0.15) is 17.0 Å². The molecule has 1 saturated heterocycles. The van der Waals surface area contributed by atoms with E-state index in [0.717, 1.165) is 17.0 Å². The van der Waals surface area contributed by atoms with Crippen molar-refractivity contribution in [3.63, 3.8) is 0 Å². The summed E-state index contributed by atoms with van der Waals surface area (Å²) in [5.74, 6) is 0.786. The monoisotopic (exact) mass is 372 g/mol. The van der Waals surface area contributed by atoms with E-state index in [1.165, 1.54) is 16.8 Å². The summed E-state index contributed by atoms with van der Waals surface area (Å²) >= 11 is 6.53. The Labute approximate surface area is 155 Å². The van der Waals surface area contributed by atoms with E-state index in [-0.39, 0.29) is 5.91 Å². The smallest absolute Gasteiger partial charge is 0.285 e. The quantitative estimate of drug-likeness (QED) is 0.652. The lowest BCUT2D eigenvalue weighted by Crippen LogP contribution is -2.34. The number of hydrazine groups is 1. The molecule has 1 aliphatic rings. The predicted molar refractivity (Wildman–Crippen MR) is 103 cm³/mol. The number of carbonyl (C=O) groups is 1. The molecule has 1 aliphatic heterocycles. The minimum Gasteiger partial charge on any atom is -0.496 e. The predicted octanol–water partition coefficient (Wildman–Crippen LogP) is 3.33. The maximum absolute atomic E-state index is 12.7. The molecule has 2 heterocycles. The molecule has 6 nitrogen and oxygen atoms in total. The molecule has 1 aromatic carbocycles. The van der Waals surface area contributed by atoms with Crippen molar-refractivity contribution in [3.05, 3.63) is 52.2 Å². The van der Waals surface area contributed by atoms with Gasteiger partial charge in [-0.2, -0.15) is 5.01 Å². The number of hydrogen-bond acceptors (Lipinski definition) is 7. The fraction of sp³-hybridized carbons (Fsp3) is 0.176. The third-order valence-corrected chi connectivity index (χ3v) is 4.72. The first-order valence-corrected chi connectivity index (χ1v) is 8.70. The Kier molecular flexibility index (Phi) is 5.00. The van der Waals surface area contributed by atoms with Gasteiger partial charge in [0.25, 0.3) is 5.91 Å². The molecule has 3 rings (SSSR count). The van der Waals surface area contributed by atoms with Crippen LogP contribution in [0.2, 0.25) is 0 Å². The third-order valence-electron chi connectivity index (χ3n) is 3.41. The van der Waals surface area contributed by atoms with Crippen molar-refractivity contribution in [2.45, 2.75) is 13.8 Å². The molecule has 2 aromatic rings. The van der Waals surface area contributed by atoms with Crippen molar-refractivity contribution >= 4 is 46.2 Å². The van der Waals surface area contributed by atoms with E-state index in [1.807, 2.05) is 44.2 Å². The van der Waals surface area contributed by atoms with E-state index in [2.05, 4.69) is 15.4 Å². The van der Waals surface area contributed by atoms with E-state index in [0.29, 0.717) is 20.9 Å². The Morgan fingerprint density at radius 2 is 1.92 bits per heavy atom. The summed E-state index contributed by atoms with van der Waals surface area (Å²) in [6, 6.07) is 9.34. The molecule has 0 atom stereocenters. The summed E-state index contributed by atoms with van der Waals surface area (Å²) in [4.78, 5) is 21.7. The molecule has 0 spiro atoms. The minimum absolute atomic E-state index is 0.247. The number of hydrogen-bond donors (Lipinski definition) is 1. The van der Waals surface area contributed by atoms with Crippen molar-refractivity contribution in [1.82, 2.24) is 15.0 Å². The van der Waals surface area contributed by atoms with Crippen molar-refractivity contribution in [1.29, 1.82) is 0 Å². The summed E-state index contributed by atoms with van der Waals surface area (Å²) in [6.45, 7) is 3.73. The van der Waals surface area contributed by atoms with Crippen LogP contribution in [-0.4, -0.2) is 32.3 Å². The molecule has 1 aromatic heterocycles. The number of methoxy groups -OCH3 is 1. The Balaban J connectivity index is 1.86. The number of thiocarbonyl (C=S) groups is 1. The zero-order valence-electron chi connectivity index (χ0n) is 13.9. The molecule has 0 radical (unpaired) electrons. The lowest BCUT2D eigenvalue weighted by atomic mass is 10.2. The molecular formula is C17H16N4O2S2. The highest BCUT2D eigenvalue weighted by Gasteiger charge is 2.33. The number of para-hydroxylation sites is 1. The molecule has 1 N–H and O–H groups in total. The number of benzene rings is 1. The average Bonchev–Trinajstić information content (AvgIpc) is 2.82. The summed E-state index contributed by atoms with van der Waals surface area (Å²) in [7, 11) is 1.59. The highest BCUT2D eigenvalue weighted by Crippen LogP contribution is 2.34. The maximum atomic E-state index is 12.7. The van der Waals surface area contributed by atoms with Gasteiger partial charge < -0.3 is 4.74 Å². The van der Waals surface area contributed by atoms with Crippen LogP contribution in [0.3, 0.4) is 0 Å². The Morgan fingerprint density at radius 1 is 1.24 bits per heavy atom. The van der Waals surface area contributed by atoms with Crippen LogP contribution in [0.25, 0.3) is 6.08 Å². The summed E-state index contributed by atoms with van der Waals surface area (Å²) < 4.78 is 5.72. The van der Waals surface area contributed by atoms with Crippen molar-refractivity contribution in [2.24, 2.45) is 0 Å². The van der Waals surface area contributed by atoms with Crippen LogP contribution < -0.4 is 10.2 Å². The van der Waals surface area contributed by atoms with Crippen LogP contribution in [0, 0.1) is 13.8 Å². The fourth-order valence-corrected chi connectivity index (χ4v) is 3.54. The fourth-order valence-electron chi connectivity index (χ4n) is 2.37. The van der Waals surface area contributed by atoms with Gasteiger partial charge in [-0.3, -0.25) is 10.2 Å². The number of thioether (sulfide) groups is 1. The van der Waals surface area contributed by atoms with Gasteiger partial charge in [0, 0.05) is 17.0 Å². The molecule has 0 aliphatic carbocycles. The molecule has 1 fully saturated rings. The Morgan fingerprint density at radius 3 is 2.60 bits per heavy atom. The molecule has 0 unspecified atom stereocenters. The normalized spacial score (nSPS) is 15.8. The number of aryl methyl sites for hydroxylation is 2. The van der Waals surface area contributed by atoms with E-state index < -0.39 is 0 Å². The van der Waals surface area contributed by atoms with E-state index in [1.54, 1.807) is 13.2 Å². The van der Waals surface area contributed by atoms with Crippen molar-refractivity contribution < 1.29 is 9.53 Å². The maximum Gasteiger partial charge on any atom is 0.285 e. The SMILES string of the molecule is COc1ccccc1C=C1SC(=S)N(Nc2nc(C)cc(C)n2)C1=O. The van der Waals surface area contributed by atoms with Gasteiger partial charge in [-0.15, -0.1) is 0 Å². The Hall–Kier alpha value is -2.45. The highest BCUT2D eigenvalue weighted by molar-refractivity contribution is 8.26. The zero-order valence-corrected chi connectivity index (χ0v) is 15.6. The first-order valence-electron chi connectivity index (χ1n) is 7.48. The number of rotatable bonds is 4. The van der Waals surface area contributed by atoms with Crippen LogP contribution in [0.15, 0.2) is 35.2 Å². The number of nitrogens with one attached hydrogen (secondary N) is 1. The largest absolute Gasteiger partial charge is 0.496 e. The average molecular weight is 372 g/mol. The molecule has 8 heteroatoms. The number of anilines is 1. The number of amides is 1. The van der Waals surface area contributed by atoms with Crippen LogP contribution in [0.5, 0.6) is 5.75 Å². The number of nitrogens with zero attached hydrogens (tertiary/aromatic N) is 3. The van der Waals surface area contributed by atoms with Gasteiger partial charge in [-0.1, -0.05) is 30.0 Å². The zero-order chi connectivity index (χ0) is 18.0. The van der Waals surface area contributed by atoms with Crippen LogP contribution in [-0.2, 0) is 4.79 Å². The van der Waals surface area contributed by atoms with Gasteiger partial charge >= 0.3 is 0 Å². The minimum atomic E-state index is -0.247. The molecule has 0 bridgehead atoms. The summed E-state index contributed by atoms with van der Waals surface area (Å²) in [6.07, 6.45) is 1.77. The number of ether oxygens (including phenoxy) is 1. The van der Waals surface area contributed by atoms with E-state index in [9.17, 15) is 4.79 Å². The third kappa shape index (κ3) is 3.80. The van der Waals surface area contributed by atoms with Crippen LogP contribution >= 0.6 is 24.0 Å². The number of aromatic nitrogens is 2. The lowest BCUT2D eigenvalue weighted by Gasteiger charge is -2.16. The van der Waals surface area contributed by atoms with Gasteiger partial charge in [0.1, 0.15) is 5.75 Å². The summed E-state index contributed by atoms with van der Waals surface area (Å²) in [5, 5.41) is 1.29. The van der Waals surface area contributed by atoms with Crippen molar-refractivity contribution in [3.8, 4) is 5.75 Å². The summed E-state index contributed by atoms with van der Waals surface area (Å²) in [5.41, 5.74) is 5.33. The van der Waals surface area contributed by atoms with Gasteiger partial charge in [0.15, 0.2) is 4.32 Å². The standard InChI is InChI=1S/C17H16N4O2S2/c1-10-8-11(2)19-16(18-10)20-21-15(22)14(25-17(21)24)9-12-6-4-5-7-13(12)23-3/h4-9H,1-3H3,(H,18,19,20). The first kappa shape index (κ1) is 17.4. The topological polar surface area (TPSA) is 67.3 Å². The molecule has 1 amide bonds. The van der Waals surface area contributed by atoms with Gasteiger partial charge in [-0.05, 0) is 44.3 Å². The molecular weight excluding hydrogens is 356 g/mol. The highest BCUT2D eigenvalue weighted by atomic mass is 32.2. The Bertz CT molecular complexity index is 862. The second kappa shape index (κ2) is 7.20. The second-order valence-corrected chi connectivity index (χ2v) is 7.02. The van der Waals surface area contributed by atoms with E-state index in [4.69, 9.17) is 17.0 Å². The second-order valence-electron chi connectivity index (χ2n) is 5.35. The van der Waals surface area contributed by atoms with E-state index >= 15 is 0 Å². The van der Waals surface area contributed by atoms with Gasteiger partial charge in [0.05, 0.1) is 12.0 Å². The molecule has 128 valence electrons. The van der Waals surface area contributed by atoms with Gasteiger partial charge in [0.2, 0.25) is 5.95 Å². The number of carbonyl (C=O) groups excluding carboxylic acids is 1.